The minimum Gasteiger partial charge on any atom is -0.417 e. The summed E-state index contributed by atoms with van der Waals surface area (Å²) in [5.74, 6) is -1.16. The van der Waals surface area contributed by atoms with E-state index in [4.69, 9.17) is 4.42 Å². The molecule has 13 heteroatoms. The smallest absolute Gasteiger partial charge is 0.417 e. The van der Waals surface area contributed by atoms with E-state index in [1.165, 1.54) is 6.20 Å². The lowest BCUT2D eigenvalue weighted by atomic mass is 10.1. The Labute approximate surface area is 227 Å². The van der Waals surface area contributed by atoms with E-state index in [1.807, 2.05) is 27.3 Å². The van der Waals surface area contributed by atoms with Crippen LogP contribution in [0.4, 0.5) is 30.7 Å². The van der Waals surface area contributed by atoms with Crippen molar-refractivity contribution in [2.24, 2.45) is 0 Å². The fraction of sp³-hybridized carbons (Fsp3) is 0.462. The molecule has 0 atom stereocenters. The second-order valence-corrected chi connectivity index (χ2v) is 10.6. The van der Waals surface area contributed by atoms with Crippen molar-refractivity contribution in [2.75, 3.05) is 54.4 Å². The lowest BCUT2D eigenvalue weighted by molar-refractivity contribution is -0.141. The Kier molecular flexibility index (Phi) is 8.05. The van der Waals surface area contributed by atoms with Gasteiger partial charge in [0.15, 0.2) is 5.69 Å². The highest BCUT2D eigenvalue weighted by molar-refractivity contribution is 7.10. The molecule has 3 aromatic rings. The first kappa shape index (κ1) is 27.0. The Balaban J connectivity index is 1.22. The van der Waals surface area contributed by atoms with Crippen molar-refractivity contribution in [2.45, 2.75) is 38.3 Å². The first-order valence-corrected chi connectivity index (χ1v) is 13.8. The highest BCUT2D eigenvalue weighted by Gasteiger charge is 2.42. The highest BCUT2D eigenvalue weighted by atomic mass is 32.1. The number of piperidine rings is 1. The zero-order valence-electron chi connectivity index (χ0n) is 21.2. The van der Waals surface area contributed by atoms with Crippen LogP contribution < -0.4 is 15.1 Å². The van der Waals surface area contributed by atoms with E-state index < -0.39 is 23.5 Å². The summed E-state index contributed by atoms with van der Waals surface area (Å²) in [6.45, 7) is 3.58. The number of carbonyl (C=O) groups is 2. The van der Waals surface area contributed by atoms with E-state index in [0.29, 0.717) is 51.5 Å². The summed E-state index contributed by atoms with van der Waals surface area (Å²) in [5.41, 5.74) is -1.11. The molecule has 5 heterocycles. The normalized spacial score (nSPS) is 16.7. The number of amides is 2. The number of pyridine rings is 1. The van der Waals surface area contributed by atoms with E-state index in [1.54, 1.807) is 28.4 Å². The van der Waals surface area contributed by atoms with E-state index >= 15 is 0 Å². The van der Waals surface area contributed by atoms with Gasteiger partial charge in [-0.3, -0.25) is 9.59 Å². The van der Waals surface area contributed by atoms with Gasteiger partial charge in [0.1, 0.15) is 5.82 Å². The molecule has 0 bridgehead atoms. The van der Waals surface area contributed by atoms with Gasteiger partial charge in [-0.1, -0.05) is 6.07 Å². The van der Waals surface area contributed by atoms with Crippen molar-refractivity contribution >= 4 is 40.7 Å². The quantitative estimate of drug-likeness (QED) is 0.467. The number of carbonyl (C=O) groups excluding carboxylic acids is 2. The number of halogens is 3. The van der Waals surface area contributed by atoms with Crippen LogP contribution in [0.5, 0.6) is 0 Å². The monoisotopic (exact) mass is 562 g/mol. The summed E-state index contributed by atoms with van der Waals surface area (Å²) in [4.78, 5) is 40.1. The summed E-state index contributed by atoms with van der Waals surface area (Å²) in [7, 11) is 0. The molecule has 2 fully saturated rings. The lowest BCUT2D eigenvalue weighted by Crippen LogP contribution is -2.36. The van der Waals surface area contributed by atoms with Crippen LogP contribution in [-0.4, -0.2) is 66.0 Å². The zero-order valence-corrected chi connectivity index (χ0v) is 22.1. The van der Waals surface area contributed by atoms with Gasteiger partial charge in [0.05, 0.1) is 18.3 Å². The molecule has 0 spiro atoms. The maximum absolute atomic E-state index is 13.6. The molecule has 0 aliphatic carbocycles. The van der Waals surface area contributed by atoms with Gasteiger partial charge in [-0.15, -0.1) is 11.3 Å². The first-order chi connectivity index (χ1) is 18.8. The molecule has 0 unspecified atom stereocenters. The third kappa shape index (κ3) is 6.52. The zero-order chi connectivity index (χ0) is 27.4. The number of rotatable bonds is 6. The summed E-state index contributed by atoms with van der Waals surface area (Å²) >= 11 is 1.57. The minimum atomic E-state index is -4.84. The number of hydrogen-bond donors (Lipinski definition) is 1. The molecule has 3 aromatic heterocycles. The molecule has 0 aromatic carbocycles. The fourth-order valence-corrected chi connectivity index (χ4v) is 5.48. The van der Waals surface area contributed by atoms with Gasteiger partial charge in [0, 0.05) is 44.1 Å². The molecular formula is C26H29F3N6O3S. The Bertz CT molecular complexity index is 1270. The van der Waals surface area contributed by atoms with Crippen LogP contribution in [0.15, 0.2) is 40.3 Å². The maximum Gasteiger partial charge on any atom is 0.437 e. The second kappa shape index (κ2) is 11.6. The average molecular weight is 563 g/mol. The summed E-state index contributed by atoms with van der Waals surface area (Å²) in [6, 6.07) is 6.98. The third-order valence-electron chi connectivity index (χ3n) is 6.80. The first-order valence-electron chi connectivity index (χ1n) is 12.9. The number of aromatic nitrogens is 2. The van der Waals surface area contributed by atoms with Gasteiger partial charge in [-0.2, -0.15) is 18.2 Å². The van der Waals surface area contributed by atoms with Gasteiger partial charge >= 0.3 is 6.18 Å². The van der Waals surface area contributed by atoms with Crippen molar-refractivity contribution in [1.82, 2.24) is 14.9 Å². The number of alkyl halides is 3. The summed E-state index contributed by atoms with van der Waals surface area (Å²) < 4.78 is 46.2. The second-order valence-electron chi connectivity index (χ2n) is 9.56. The van der Waals surface area contributed by atoms with Gasteiger partial charge in [0.25, 0.3) is 11.9 Å². The Hall–Kier alpha value is -3.61. The molecule has 5 rings (SSSR count). The predicted molar refractivity (Wildman–Crippen MR) is 141 cm³/mol. The largest absolute Gasteiger partial charge is 0.437 e. The van der Waals surface area contributed by atoms with Gasteiger partial charge < -0.3 is 24.4 Å². The maximum atomic E-state index is 13.6. The SMILES string of the molecule is O=C(Nc1ccc(N2CCCN(C(=O)Cc3cccs3)CC2)nc1)c1oc(N2CCCCC2)nc1C(F)(F)F. The van der Waals surface area contributed by atoms with Crippen molar-refractivity contribution in [3.63, 3.8) is 0 Å². The molecule has 0 radical (unpaired) electrons. The number of anilines is 3. The molecule has 2 amide bonds. The number of oxazole rings is 1. The molecular weight excluding hydrogens is 533 g/mol. The molecule has 2 saturated heterocycles. The number of nitrogens with one attached hydrogen (secondary N) is 1. The van der Waals surface area contributed by atoms with Crippen LogP contribution in [0.1, 0.15) is 46.8 Å². The summed E-state index contributed by atoms with van der Waals surface area (Å²) in [5, 5.41) is 4.40. The lowest BCUT2D eigenvalue weighted by Gasteiger charge is -2.24. The summed E-state index contributed by atoms with van der Waals surface area (Å²) in [6.07, 6.45) is 0.369. The van der Waals surface area contributed by atoms with Gasteiger partial charge in [0.2, 0.25) is 11.7 Å². The van der Waals surface area contributed by atoms with Gasteiger partial charge in [-0.25, -0.2) is 4.98 Å². The van der Waals surface area contributed by atoms with Crippen molar-refractivity contribution in [3.8, 4) is 0 Å². The number of thiophene rings is 1. The van der Waals surface area contributed by atoms with E-state index in [0.717, 1.165) is 30.6 Å². The average Bonchev–Trinajstić information content (AvgIpc) is 3.55. The van der Waals surface area contributed by atoms with E-state index in [-0.39, 0.29) is 17.6 Å². The number of hydrogen-bond acceptors (Lipinski definition) is 8. The molecule has 9 nitrogen and oxygen atoms in total. The Morgan fingerprint density at radius 1 is 0.974 bits per heavy atom. The third-order valence-corrected chi connectivity index (χ3v) is 7.68. The topological polar surface area (TPSA) is 94.8 Å². The van der Waals surface area contributed by atoms with Crippen LogP contribution >= 0.6 is 11.3 Å². The molecule has 2 aliphatic rings. The van der Waals surface area contributed by atoms with Crippen molar-refractivity contribution in [3.05, 3.63) is 52.2 Å². The van der Waals surface area contributed by atoms with E-state index in [9.17, 15) is 22.8 Å². The van der Waals surface area contributed by atoms with Gasteiger partial charge in [-0.05, 0) is 49.3 Å². The molecule has 1 N–H and O–H groups in total. The van der Waals surface area contributed by atoms with Crippen molar-refractivity contribution < 1.29 is 27.2 Å². The fourth-order valence-electron chi connectivity index (χ4n) is 4.78. The molecule has 0 saturated carbocycles. The number of nitrogens with zero attached hydrogens (tertiary/aromatic N) is 5. The van der Waals surface area contributed by atoms with Crippen LogP contribution in [-0.2, 0) is 17.4 Å². The Morgan fingerprint density at radius 3 is 2.46 bits per heavy atom. The van der Waals surface area contributed by atoms with Crippen molar-refractivity contribution in [1.29, 1.82) is 0 Å². The minimum absolute atomic E-state index is 0.0967. The Morgan fingerprint density at radius 2 is 1.77 bits per heavy atom. The molecule has 208 valence electrons. The predicted octanol–water partition coefficient (Wildman–Crippen LogP) is 4.67. The standard InChI is InChI=1S/C26H29F3N6O3S/c27-26(28,29)23-22(38-25(32-23)35-9-2-1-3-10-35)24(37)31-18-7-8-20(30-17-18)33-11-5-12-34(14-13-33)21(36)16-19-6-4-15-39-19/h4,6-8,15,17H,1-3,5,9-14,16H2,(H,31,37). The van der Waals surface area contributed by atoms with Crippen LogP contribution in [0.25, 0.3) is 0 Å². The van der Waals surface area contributed by atoms with Crippen LogP contribution in [0.2, 0.25) is 0 Å². The van der Waals surface area contributed by atoms with Crippen LogP contribution in [0, 0.1) is 0 Å². The van der Waals surface area contributed by atoms with Crippen LogP contribution in [0.3, 0.4) is 0 Å². The van der Waals surface area contributed by atoms with E-state index in [2.05, 4.69) is 15.3 Å². The highest BCUT2D eigenvalue weighted by Crippen LogP contribution is 2.35. The molecule has 2 aliphatic heterocycles. The molecule has 39 heavy (non-hydrogen) atoms.